The number of hydrogen-bond acceptors (Lipinski definition) is 6. The molecule has 6 nitrogen and oxygen atoms in total. The lowest BCUT2D eigenvalue weighted by molar-refractivity contribution is 0.132. The lowest BCUT2D eigenvalue weighted by Gasteiger charge is -2.37. The predicted molar refractivity (Wildman–Crippen MR) is 130 cm³/mol. The average Bonchev–Trinajstić information content (AvgIpc) is 2.85. The summed E-state index contributed by atoms with van der Waals surface area (Å²) in [7, 11) is 0. The minimum atomic E-state index is -0.826. The van der Waals surface area contributed by atoms with E-state index in [9.17, 15) is 28.6 Å². The van der Waals surface area contributed by atoms with Gasteiger partial charge in [-0.05, 0) is 53.9 Å². The van der Waals surface area contributed by atoms with Gasteiger partial charge in [-0.1, -0.05) is 6.07 Å². The number of pyridine rings is 1. The Hall–Kier alpha value is -4.13. The Morgan fingerprint density at radius 2 is 1.69 bits per heavy atom. The van der Waals surface area contributed by atoms with Crippen LogP contribution >= 0.6 is 0 Å². The molecule has 1 aliphatic heterocycles. The average molecular weight is 490 g/mol. The van der Waals surface area contributed by atoms with E-state index in [0.29, 0.717) is 40.7 Å². The lowest BCUT2D eigenvalue weighted by atomic mass is 9.94. The first kappa shape index (κ1) is 23.6. The fourth-order valence-electron chi connectivity index (χ4n) is 4.66. The number of aliphatic hydroxyl groups is 1. The molecule has 0 amide bonds. The largest absolute Gasteiger partial charge is 0.506 e. The molecule has 182 valence electrons. The summed E-state index contributed by atoms with van der Waals surface area (Å²) in [5, 5.41) is 30.9. The topological polar surface area (TPSA) is 106 Å². The number of nitriles is 1. The molecule has 1 aliphatic rings. The Bertz CT molecular complexity index is 1520. The van der Waals surface area contributed by atoms with E-state index in [4.69, 9.17) is 5.73 Å². The second kappa shape index (κ2) is 9.15. The van der Waals surface area contributed by atoms with Crippen LogP contribution in [0.3, 0.4) is 0 Å². The maximum Gasteiger partial charge on any atom is 0.141 e. The van der Waals surface area contributed by atoms with E-state index in [-0.39, 0.29) is 29.0 Å². The zero-order chi connectivity index (χ0) is 25.6. The molecule has 0 radical (unpaired) electrons. The number of β-amino-alcohol motifs (C(OH)–C–C–N with tert-alkyl or cyclic N) is 1. The van der Waals surface area contributed by atoms with Crippen molar-refractivity contribution in [2.75, 3.05) is 18.0 Å². The minimum absolute atomic E-state index is 0.113. The number of aliphatic hydroxyl groups excluding tert-OH is 1. The predicted octanol–water partition coefficient (Wildman–Crippen LogP) is 4.46. The van der Waals surface area contributed by atoms with E-state index < -0.39 is 29.6 Å². The number of anilines is 1. The number of nitrogens with two attached hydrogens (primary N) is 1. The first-order valence-corrected chi connectivity index (χ1v) is 11.3. The van der Waals surface area contributed by atoms with Gasteiger partial charge in [0, 0.05) is 47.9 Å². The third kappa shape index (κ3) is 4.21. The van der Waals surface area contributed by atoms with Gasteiger partial charge in [-0.3, -0.25) is 4.98 Å². The summed E-state index contributed by atoms with van der Waals surface area (Å²) in [6.45, 7) is 0.648. The molecule has 0 saturated carbocycles. The van der Waals surface area contributed by atoms with Crippen LogP contribution in [0.2, 0.25) is 0 Å². The maximum absolute atomic E-state index is 14.2. The number of halogens is 3. The van der Waals surface area contributed by atoms with Gasteiger partial charge < -0.3 is 20.8 Å². The molecule has 1 saturated heterocycles. The summed E-state index contributed by atoms with van der Waals surface area (Å²) in [5.74, 6) is -2.55. The highest BCUT2D eigenvalue weighted by Crippen LogP contribution is 2.41. The molecule has 3 aromatic carbocycles. The van der Waals surface area contributed by atoms with E-state index in [2.05, 4.69) is 4.98 Å². The van der Waals surface area contributed by atoms with Crippen LogP contribution in [-0.4, -0.2) is 40.4 Å². The van der Waals surface area contributed by atoms with Crippen molar-refractivity contribution >= 4 is 16.6 Å². The van der Waals surface area contributed by atoms with Gasteiger partial charge in [0.2, 0.25) is 0 Å². The molecule has 0 unspecified atom stereocenters. The molecule has 1 aromatic heterocycles. The summed E-state index contributed by atoms with van der Waals surface area (Å²) in [5.41, 5.74) is 8.11. The van der Waals surface area contributed by atoms with E-state index in [1.165, 1.54) is 18.3 Å². The second-order valence-corrected chi connectivity index (χ2v) is 8.84. The van der Waals surface area contributed by atoms with E-state index >= 15 is 0 Å². The number of aromatic hydroxyl groups is 1. The normalized spacial score (nSPS) is 17.8. The highest BCUT2D eigenvalue weighted by Gasteiger charge is 2.28. The van der Waals surface area contributed by atoms with Gasteiger partial charge in [0.15, 0.2) is 0 Å². The standard InChI is InChI=1S/C27H21F3N4O2/c28-17-5-15(6-18(29)9-17)22-12-33-24-2-1-14(20-10-19(30)7-16(11-31)27(20)36)8-21(24)26(22)34-4-3-23(32)25(35)13-34/h1-2,5-10,12,23,25,35-36H,3-4,13,32H2/t23-,25+/m0/s1. The molecule has 9 heteroatoms. The van der Waals surface area contributed by atoms with Gasteiger partial charge in [0.05, 0.1) is 22.9 Å². The van der Waals surface area contributed by atoms with Crippen LogP contribution in [0.15, 0.2) is 54.7 Å². The summed E-state index contributed by atoms with van der Waals surface area (Å²) < 4.78 is 42.5. The molecular weight excluding hydrogens is 469 g/mol. The number of phenolic OH excluding ortho intramolecular Hbond substituents is 1. The molecule has 2 heterocycles. The van der Waals surface area contributed by atoms with Crippen LogP contribution in [-0.2, 0) is 0 Å². The van der Waals surface area contributed by atoms with E-state index in [1.54, 1.807) is 24.3 Å². The van der Waals surface area contributed by atoms with Crippen molar-refractivity contribution < 1.29 is 23.4 Å². The number of piperidine rings is 1. The molecule has 0 aliphatic carbocycles. The molecule has 0 spiro atoms. The van der Waals surface area contributed by atoms with Crippen molar-refractivity contribution in [3.8, 4) is 34.1 Å². The number of aromatic nitrogens is 1. The van der Waals surface area contributed by atoms with Gasteiger partial charge in [0.25, 0.3) is 0 Å². The zero-order valence-corrected chi connectivity index (χ0v) is 18.9. The third-order valence-corrected chi connectivity index (χ3v) is 6.47. The molecule has 4 N–H and O–H groups in total. The second-order valence-electron chi connectivity index (χ2n) is 8.84. The minimum Gasteiger partial charge on any atom is -0.506 e. The van der Waals surface area contributed by atoms with Crippen LogP contribution in [0.4, 0.5) is 18.9 Å². The lowest BCUT2D eigenvalue weighted by Crippen LogP contribution is -2.50. The van der Waals surface area contributed by atoms with Crippen LogP contribution in [0, 0.1) is 28.8 Å². The molecule has 36 heavy (non-hydrogen) atoms. The Kier molecular flexibility index (Phi) is 6.00. The Balaban J connectivity index is 1.78. The molecule has 0 bridgehead atoms. The van der Waals surface area contributed by atoms with Crippen LogP contribution in [0.5, 0.6) is 5.75 Å². The molecule has 5 rings (SSSR count). The Morgan fingerprint density at radius 3 is 2.39 bits per heavy atom. The number of fused-ring (bicyclic) bond motifs is 1. The van der Waals surface area contributed by atoms with Crippen molar-refractivity contribution in [3.63, 3.8) is 0 Å². The number of nitrogens with zero attached hydrogens (tertiary/aromatic N) is 3. The monoisotopic (exact) mass is 490 g/mol. The molecule has 4 aromatic rings. The SMILES string of the molecule is N#Cc1cc(F)cc(-c2ccc3ncc(-c4cc(F)cc(F)c4)c(N4CC[C@H](N)[C@H](O)C4)c3c2)c1O. The van der Waals surface area contributed by atoms with Gasteiger partial charge in [-0.25, -0.2) is 13.2 Å². The van der Waals surface area contributed by atoms with Crippen molar-refractivity contribution in [1.82, 2.24) is 4.98 Å². The van der Waals surface area contributed by atoms with Gasteiger partial charge in [-0.2, -0.15) is 5.26 Å². The fourth-order valence-corrected chi connectivity index (χ4v) is 4.66. The molecule has 1 fully saturated rings. The van der Waals surface area contributed by atoms with E-state index in [1.807, 2.05) is 4.90 Å². The molecular formula is C27H21F3N4O2. The van der Waals surface area contributed by atoms with Crippen molar-refractivity contribution in [3.05, 3.63) is 77.7 Å². The Labute approximate surface area is 204 Å². The molecule has 2 atom stereocenters. The number of benzene rings is 3. The van der Waals surface area contributed by atoms with Gasteiger partial charge in [0.1, 0.15) is 29.3 Å². The number of hydrogen-bond donors (Lipinski definition) is 3. The maximum atomic E-state index is 14.2. The van der Waals surface area contributed by atoms with Gasteiger partial charge >= 0.3 is 0 Å². The third-order valence-electron chi connectivity index (χ3n) is 6.47. The summed E-state index contributed by atoms with van der Waals surface area (Å²) in [6.07, 6.45) is 1.17. The van der Waals surface area contributed by atoms with Crippen molar-refractivity contribution in [1.29, 1.82) is 5.26 Å². The highest BCUT2D eigenvalue weighted by atomic mass is 19.1. The summed E-state index contributed by atoms with van der Waals surface area (Å²) in [4.78, 5) is 6.35. The fraction of sp³-hybridized carbons (Fsp3) is 0.185. The first-order chi connectivity index (χ1) is 17.2. The van der Waals surface area contributed by atoms with Crippen molar-refractivity contribution in [2.45, 2.75) is 18.6 Å². The summed E-state index contributed by atoms with van der Waals surface area (Å²) >= 11 is 0. The van der Waals surface area contributed by atoms with Gasteiger partial charge in [-0.15, -0.1) is 0 Å². The van der Waals surface area contributed by atoms with E-state index in [0.717, 1.165) is 18.2 Å². The highest BCUT2D eigenvalue weighted by molar-refractivity contribution is 6.02. The quantitative estimate of drug-likeness (QED) is 0.392. The smallest absolute Gasteiger partial charge is 0.141 e. The van der Waals surface area contributed by atoms with Crippen LogP contribution < -0.4 is 10.6 Å². The number of phenols is 1. The van der Waals surface area contributed by atoms with Crippen molar-refractivity contribution in [2.24, 2.45) is 5.73 Å². The summed E-state index contributed by atoms with van der Waals surface area (Å²) in [6, 6.07) is 11.6. The van der Waals surface area contributed by atoms with Crippen LogP contribution in [0.25, 0.3) is 33.2 Å². The first-order valence-electron chi connectivity index (χ1n) is 11.3. The number of rotatable bonds is 3. The zero-order valence-electron chi connectivity index (χ0n) is 18.9. The Morgan fingerprint density at radius 1 is 0.972 bits per heavy atom. The van der Waals surface area contributed by atoms with Crippen LogP contribution in [0.1, 0.15) is 12.0 Å².